The predicted octanol–water partition coefficient (Wildman–Crippen LogP) is 3.30. The second-order valence-corrected chi connectivity index (χ2v) is 7.87. The molecule has 9 heteroatoms. The number of hydrogen-bond donors (Lipinski definition) is 1. The molecule has 0 bridgehead atoms. The van der Waals surface area contributed by atoms with Crippen molar-refractivity contribution in [2.45, 2.75) is 37.8 Å². The van der Waals surface area contributed by atoms with Crippen molar-refractivity contribution in [1.82, 2.24) is 4.72 Å². The lowest BCUT2D eigenvalue weighted by atomic mass is 10.1. The Hall–Kier alpha value is -2.26. The summed E-state index contributed by atoms with van der Waals surface area (Å²) in [6.07, 6.45) is 0.708. The van der Waals surface area contributed by atoms with Crippen LogP contribution in [0.2, 0.25) is 0 Å². The number of sulfonamides is 1. The minimum Gasteiger partial charge on any atom is -0.494 e. The molecule has 1 atom stereocenters. The van der Waals surface area contributed by atoms with Gasteiger partial charge in [-0.1, -0.05) is 0 Å². The van der Waals surface area contributed by atoms with Crippen LogP contribution in [-0.4, -0.2) is 21.1 Å². The maximum atomic E-state index is 13.8. The van der Waals surface area contributed by atoms with Gasteiger partial charge in [0.15, 0.2) is 17.5 Å². The van der Waals surface area contributed by atoms with Crippen LogP contribution in [0.15, 0.2) is 29.2 Å². The Morgan fingerprint density at radius 1 is 1.22 bits per heavy atom. The van der Waals surface area contributed by atoms with Crippen LogP contribution in [0.25, 0.3) is 0 Å². The van der Waals surface area contributed by atoms with Crippen LogP contribution >= 0.6 is 0 Å². The van der Waals surface area contributed by atoms with E-state index in [4.69, 9.17) is 9.47 Å². The zero-order valence-corrected chi connectivity index (χ0v) is 15.5. The Morgan fingerprint density at radius 3 is 2.67 bits per heavy atom. The highest BCUT2D eigenvalue weighted by Crippen LogP contribution is 2.35. The van der Waals surface area contributed by atoms with Gasteiger partial charge in [-0.2, -0.15) is 0 Å². The molecule has 0 unspecified atom stereocenters. The molecule has 27 heavy (non-hydrogen) atoms. The molecule has 5 nitrogen and oxygen atoms in total. The first-order valence-corrected chi connectivity index (χ1v) is 9.79. The first-order valence-electron chi connectivity index (χ1n) is 8.31. The van der Waals surface area contributed by atoms with Crippen molar-refractivity contribution in [3.8, 4) is 11.5 Å². The molecule has 0 aromatic heterocycles. The van der Waals surface area contributed by atoms with E-state index < -0.39 is 32.4 Å². The summed E-state index contributed by atoms with van der Waals surface area (Å²) in [5.74, 6) is -3.97. The molecule has 0 radical (unpaired) electrons. The summed E-state index contributed by atoms with van der Waals surface area (Å²) >= 11 is 0. The third kappa shape index (κ3) is 3.89. The maximum Gasteiger partial charge on any atom is 0.243 e. The Labute approximate surface area is 155 Å². The summed E-state index contributed by atoms with van der Waals surface area (Å²) in [5.41, 5.74) is 1.43. The summed E-state index contributed by atoms with van der Waals surface area (Å²) < 4.78 is 78.3. The Balaban J connectivity index is 1.88. The number of fused-ring (bicyclic) bond motifs is 1. The SMILES string of the molecule is CCOc1cc2c(cc1CNS(=O)(=O)c1ccc(F)c(F)c1F)O[C@H](C)C2. The molecule has 1 aliphatic rings. The van der Waals surface area contributed by atoms with Gasteiger partial charge in [0.2, 0.25) is 10.0 Å². The molecule has 2 aromatic rings. The molecular weight excluding hydrogens is 383 g/mol. The summed E-state index contributed by atoms with van der Waals surface area (Å²) in [4.78, 5) is -0.967. The largest absolute Gasteiger partial charge is 0.494 e. The molecule has 0 saturated heterocycles. The van der Waals surface area contributed by atoms with Crippen LogP contribution in [-0.2, 0) is 23.0 Å². The van der Waals surface area contributed by atoms with Gasteiger partial charge in [-0.15, -0.1) is 0 Å². The number of ether oxygens (including phenoxy) is 2. The maximum absolute atomic E-state index is 13.8. The lowest BCUT2D eigenvalue weighted by Crippen LogP contribution is -2.25. The molecule has 146 valence electrons. The number of halogens is 3. The van der Waals surface area contributed by atoms with Crippen LogP contribution in [0.4, 0.5) is 13.2 Å². The van der Waals surface area contributed by atoms with Gasteiger partial charge in [0, 0.05) is 24.1 Å². The average Bonchev–Trinajstić information content (AvgIpc) is 2.96. The van der Waals surface area contributed by atoms with Gasteiger partial charge in [-0.05, 0) is 38.1 Å². The van der Waals surface area contributed by atoms with Crippen LogP contribution in [0, 0.1) is 17.5 Å². The van der Waals surface area contributed by atoms with Gasteiger partial charge in [0.1, 0.15) is 22.5 Å². The van der Waals surface area contributed by atoms with E-state index in [9.17, 15) is 21.6 Å². The standard InChI is InChI=1S/C18H18F3NO4S/c1-3-25-14-7-11-6-10(2)26-15(11)8-12(14)9-22-27(23,24)16-5-4-13(19)17(20)18(16)21/h4-5,7-8,10,22H,3,6,9H2,1-2H3/t10-/m1/s1. The first kappa shape index (κ1) is 19.5. The third-order valence-corrected chi connectivity index (χ3v) is 5.54. The Kier molecular flexibility index (Phi) is 5.34. The molecule has 0 spiro atoms. The molecule has 3 rings (SSSR count). The van der Waals surface area contributed by atoms with Crippen molar-refractivity contribution >= 4 is 10.0 Å². The number of benzene rings is 2. The number of rotatable bonds is 6. The second-order valence-electron chi connectivity index (χ2n) is 6.13. The van der Waals surface area contributed by atoms with Crippen molar-refractivity contribution in [1.29, 1.82) is 0 Å². The lowest BCUT2D eigenvalue weighted by molar-refractivity contribution is 0.254. The van der Waals surface area contributed by atoms with Crippen molar-refractivity contribution in [2.75, 3.05) is 6.61 Å². The van der Waals surface area contributed by atoms with Gasteiger partial charge in [0.25, 0.3) is 0 Å². The minimum absolute atomic E-state index is 0.00213. The van der Waals surface area contributed by atoms with Crippen LogP contribution in [0.3, 0.4) is 0 Å². The van der Waals surface area contributed by atoms with Crippen molar-refractivity contribution in [2.24, 2.45) is 0 Å². The molecule has 0 saturated carbocycles. The predicted molar refractivity (Wildman–Crippen MR) is 91.7 cm³/mol. The van der Waals surface area contributed by atoms with E-state index in [-0.39, 0.29) is 12.6 Å². The number of hydrogen-bond acceptors (Lipinski definition) is 4. The summed E-state index contributed by atoms with van der Waals surface area (Å²) in [6.45, 7) is 3.83. The minimum atomic E-state index is -4.41. The molecule has 0 fully saturated rings. The van der Waals surface area contributed by atoms with E-state index in [1.54, 1.807) is 19.1 Å². The van der Waals surface area contributed by atoms with Crippen molar-refractivity contribution in [3.63, 3.8) is 0 Å². The molecule has 0 amide bonds. The normalized spacial score (nSPS) is 16.1. The van der Waals surface area contributed by atoms with Crippen molar-refractivity contribution < 1.29 is 31.1 Å². The van der Waals surface area contributed by atoms with Gasteiger partial charge < -0.3 is 9.47 Å². The molecule has 1 heterocycles. The third-order valence-electron chi connectivity index (χ3n) is 4.12. The molecule has 2 aromatic carbocycles. The van der Waals surface area contributed by atoms with E-state index in [2.05, 4.69) is 4.72 Å². The van der Waals surface area contributed by atoms with Crippen LogP contribution in [0.5, 0.6) is 11.5 Å². The van der Waals surface area contributed by atoms with Gasteiger partial charge in [0.05, 0.1) is 6.61 Å². The highest BCUT2D eigenvalue weighted by molar-refractivity contribution is 7.89. The summed E-state index contributed by atoms with van der Waals surface area (Å²) in [5, 5.41) is 0. The fourth-order valence-corrected chi connectivity index (χ4v) is 3.95. The first-order chi connectivity index (χ1) is 12.7. The zero-order chi connectivity index (χ0) is 19.8. The molecule has 1 N–H and O–H groups in total. The van der Waals surface area contributed by atoms with Crippen LogP contribution < -0.4 is 14.2 Å². The highest BCUT2D eigenvalue weighted by atomic mass is 32.2. The number of nitrogens with one attached hydrogen (secondary N) is 1. The van der Waals surface area contributed by atoms with E-state index in [1.807, 2.05) is 6.92 Å². The highest BCUT2D eigenvalue weighted by Gasteiger charge is 2.26. The van der Waals surface area contributed by atoms with Crippen molar-refractivity contribution in [3.05, 3.63) is 52.8 Å². The zero-order valence-electron chi connectivity index (χ0n) is 14.7. The lowest BCUT2D eigenvalue weighted by Gasteiger charge is -2.14. The summed E-state index contributed by atoms with van der Waals surface area (Å²) in [7, 11) is -4.41. The van der Waals surface area contributed by atoms with Gasteiger partial charge in [-0.3, -0.25) is 0 Å². The molecular formula is C18H18F3NO4S. The Morgan fingerprint density at radius 2 is 1.96 bits per heavy atom. The van der Waals surface area contributed by atoms with E-state index >= 15 is 0 Å². The van der Waals surface area contributed by atoms with E-state index in [1.165, 1.54) is 0 Å². The topological polar surface area (TPSA) is 64.6 Å². The fraction of sp³-hybridized carbons (Fsp3) is 0.333. The van der Waals surface area contributed by atoms with Gasteiger partial charge in [-0.25, -0.2) is 26.3 Å². The van der Waals surface area contributed by atoms with Gasteiger partial charge >= 0.3 is 0 Å². The smallest absolute Gasteiger partial charge is 0.243 e. The molecule has 0 aliphatic carbocycles. The molecule has 1 aliphatic heterocycles. The van der Waals surface area contributed by atoms with E-state index in [0.29, 0.717) is 42.2 Å². The monoisotopic (exact) mass is 401 g/mol. The quantitative estimate of drug-likeness (QED) is 0.755. The second kappa shape index (κ2) is 7.40. The van der Waals surface area contributed by atoms with Crippen LogP contribution in [0.1, 0.15) is 25.0 Å². The Bertz CT molecular complexity index is 979. The van der Waals surface area contributed by atoms with E-state index in [0.717, 1.165) is 5.56 Å². The summed E-state index contributed by atoms with van der Waals surface area (Å²) in [6, 6.07) is 4.67. The average molecular weight is 401 g/mol. The fourth-order valence-electron chi connectivity index (χ4n) is 2.88.